The Bertz CT molecular complexity index is 411. The molecule has 2 atom stereocenters. The zero-order valence-corrected chi connectivity index (χ0v) is 12.8. The number of nitrogens with zero attached hydrogens (tertiary/aromatic N) is 1. The summed E-state index contributed by atoms with van der Waals surface area (Å²) in [6.07, 6.45) is 0.162. The van der Waals surface area contributed by atoms with Crippen LogP contribution in [0.5, 0.6) is 5.75 Å². The fraction of sp³-hybridized carbons (Fsp3) is 0.625. The molecule has 1 heterocycles. The van der Waals surface area contributed by atoms with E-state index >= 15 is 0 Å². The Morgan fingerprint density at radius 3 is 2.90 bits per heavy atom. The van der Waals surface area contributed by atoms with Gasteiger partial charge in [-0.25, -0.2) is 0 Å². The number of benzene rings is 1. The largest absolute Gasteiger partial charge is 0.494 e. The number of likely N-dealkylation sites (N-methyl/N-ethyl adjacent to an activating group) is 2. The minimum Gasteiger partial charge on any atom is -0.494 e. The number of ether oxygens (including phenoxy) is 2. The smallest absolute Gasteiger partial charge is 0.124 e. The molecule has 1 aromatic carbocycles. The molecule has 1 aromatic rings. The second kappa shape index (κ2) is 7.62. The summed E-state index contributed by atoms with van der Waals surface area (Å²) in [5, 5.41) is 3.40. The third-order valence-electron chi connectivity index (χ3n) is 3.86. The first-order chi connectivity index (χ1) is 9.80. The van der Waals surface area contributed by atoms with E-state index in [2.05, 4.69) is 29.3 Å². The summed E-state index contributed by atoms with van der Waals surface area (Å²) in [6.45, 7) is 8.75. The lowest BCUT2D eigenvalue weighted by Crippen LogP contribution is -2.47. The maximum Gasteiger partial charge on any atom is 0.124 e. The summed E-state index contributed by atoms with van der Waals surface area (Å²) in [7, 11) is 1.99. The molecule has 0 spiro atoms. The average Bonchev–Trinajstić information content (AvgIpc) is 2.50. The summed E-state index contributed by atoms with van der Waals surface area (Å²) in [5.41, 5.74) is 1.18. The third-order valence-corrected chi connectivity index (χ3v) is 3.86. The van der Waals surface area contributed by atoms with Gasteiger partial charge in [0.1, 0.15) is 5.75 Å². The van der Waals surface area contributed by atoms with Crippen LogP contribution in [0, 0.1) is 0 Å². The van der Waals surface area contributed by atoms with Crippen LogP contribution < -0.4 is 10.1 Å². The number of hydrogen-bond acceptors (Lipinski definition) is 4. The summed E-state index contributed by atoms with van der Waals surface area (Å²) < 4.78 is 11.7. The highest BCUT2D eigenvalue weighted by Crippen LogP contribution is 2.29. The molecule has 0 bridgehead atoms. The first-order valence-electron chi connectivity index (χ1n) is 7.53. The van der Waals surface area contributed by atoms with E-state index < -0.39 is 0 Å². The van der Waals surface area contributed by atoms with Crippen molar-refractivity contribution < 1.29 is 9.47 Å². The van der Waals surface area contributed by atoms with E-state index in [0.717, 1.165) is 32.0 Å². The molecule has 4 heteroatoms. The van der Waals surface area contributed by atoms with Crippen molar-refractivity contribution in [3.63, 3.8) is 0 Å². The van der Waals surface area contributed by atoms with Crippen molar-refractivity contribution >= 4 is 0 Å². The summed E-state index contributed by atoms with van der Waals surface area (Å²) in [6, 6.07) is 8.39. The van der Waals surface area contributed by atoms with Gasteiger partial charge in [0, 0.05) is 18.7 Å². The van der Waals surface area contributed by atoms with Crippen molar-refractivity contribution in [2.45, 2.75) is 26.0 Å². The maximum atomic E-state index is 5.99. The molecule has 1 fully saturated rings. The number of hydrogen-bond donors (Lipinski definition) is 1. The van der Waals surface area contributed by atoms with E-state index in [-0.39, 0.29) is 12.1 Å². The van der Waals surface area contributed by atoms with E-state index in [1.807, 2.05) is 26.1 Å². The highest BCUT2D eigenvalue weighted by molar-refractivity contribution is 5.36. The van der Waals surface area contributed by atoms with E-state index in [0.29, 0.717) is 6.61 Å². The molecule has 1 aliphatic heterocycles. The molecule has 20 heavy (non-hydrogen) atoms. The highest BCUT2D eigenvalue weighted by Gasteiger charge is 2.29. The number of morpholine rings is 1. The molecule has 4 nitrogen and oxygen atoms in total. The third kappa shape index (κ3) is 3.51. The van der Waals surface area contributed by atoms with Gasteiger partial charge in [0.15, 0.2) is 0 Å². The zero-order valence-electron chi connectivity index (χ0n) is 12.8. The first-order valence-corrected chi connectivity index (χ1v) is 7.53. The standard InChI is InChI=1S/C16H26N2O2/c1-4-18-10-11-20-15(12-18)16(17-3)13-8-6-7-9-14(13)19-5-2/h6-9,15-17H,4-5,10-12H2,1-3H3. The topological polar surface area (TPSA) is 33.7 Å². The average molecular weight is 278 g/mol. The van der Waals surface area contributed by atoms with Gasteiger partial charge >= 0.3 is 0 Å². The van der Waals surface area contributed by atoms with Gasteiger partial charge in [-0.1, -0.05) is 25.1 Å². The molecule has 0 radical (unpaired) electrons. The predicted octanol–water partition coefficient (Wildman–Crippen LogP) is 2.07. The number of nitrogens with one attached hydrogen (secondary N) is 1. The van der Waals surface area contributed by atoms with Gasteiger partial charge in [0.05, 0.1) is 25.4 Å². The Kier molecular flexibility index (Phi) is 5.83. The van der Waals surface area contributed by atoms with Crippen LogP contribution in [0.2, 0.25) is 0 Å². The fourth-order valence-corrected chi connectivity index (χ4v) is 2.79. The van der Waals surface area contributed by atoms with Crippen LogP contribution >= 0.6 is 0 Å². The Balaban J connectivity index is 2.18. The maximum absolute atomic E-state index is 5.99. The molecule has 2 rings (SSSR count). The van der Waals surface area contributed by atoms with E-state index in [1.54, 1.807) is 0 Å². The zero-order chi connectivity index (χ0) is 14.4. The minimum atomic E-state index is 0.159. The fourth-order valence-electron chi connectivity index (χ4n) is 2.79. The van der Waals surface area contributed by atoms with Crippen LogP contribution in [0.3, 0.4) is 0 Å². The molecule has 112 valence electrons. The van der Waals surface area contributed by atoms with Crippen LogP contribution in [0.1, 0.15) is 25.5 Å². The summed E-state index contributed by atoms with van der Waals surface area (Å²) >= 11 is 0. The Morgan fingerprint density at radius 2 is 2.20 bits per heavy atom. The summed E-state index contributed by atoms with van der Waals surface area (Å²) in [5.74, 6) is 0.951. The summed E-state index contributed by atoms with van der Waals surface area (Å²) in [4.78, 5) is 2.43. The number of rotatable bonds is 6. The molecule has 0 aliphatic carbocycles. The highest BCUT2D eigenvalue weighted by atomic mass is 16.5. The van der Waals surface area contributed by atoms with Crippen LogP contribution in [-0.2, 0) is 4.74 Å². The Hall–Kier alpha value is -1.10. The molecule has 1 N–H and O–H groups in total. The van der Waals surface area contributed by atoms with Crippen LogP contribution in [-0.4, -0.2) is 50.9 Å². The molecule has 0 aromatic heterocycles. The van der Waals surface area contributed by atoms with Crippen LogP contribution in [0.4, 0.5) is 0 Å². The van der Waals surface area contributed by atoms with Crippen molar-refractivity contribution in [1.82, 2.24) is 10.2 Å². The van der Waals surface area contributed by atoms with Gasteiger partial charge in [0.25, 0.3) is 0 Å². The number of para-hydroxylation sites is 1. The van der Waals surface area contributed by atoms with Gasteiger partial charge in [-0.3, -0.25) is 4.90 Å². The van der Waals surface area contributed by atoms with E-state index in [4.69, 9.17) is 9.47 Å². The lowest BCUT2D eigenvalue weighted by atomic mass is 9.99. The molecule has 0 saturated carbocycles. The SMILES string of the molecule is CCOc1ccccc1C(NC)C1CN(CC)CCO1. The quantitative estimate of drug-likeness (QED) is 0.863. The van der Waals surface area contributed by atoms with Crippen molar-refractivity contribution in [2.75, 3.05) is 39.9 Å². The van der Waals surface area contributed by atoms with Crippen molar-refractivity contribution in [1.29, 1.82) is 0 Å². The van der Waals surface area contributed by atoms with Crippen molar-refractivity contribution in [2.24, 2.45) is 0 Å². The molecular weight excluding hydrogens is 252 g/mol. The Morgan fingerprint density at radius 1 is 1.40 bits per heavy atom. The lowest BCUT2D eigenvalue weighted by molar-refractivity contribution is -0.0447. The molecule has 0 amide bonds. The van der Waals surface area contributed by atoms with Gasteiger partial charge in [-0.05, 0) is 26.6 Å². The van der Waals surface area contributed by atoms with Crippen LogP contribution in [0.25, 0.3) is 0 Å². The van der Waals surface area contributed by atoms with Crippen LogP contribution in [0.15, 0.2) is 24.3 Å². The molecule has 2 unspecified atom stereocenters. The monoisotopic (exact) mass is 278 g/mol. The van der Waals surface area contributed by atoms with Gasteiger partial charge in [-0.15, -0.1) is 0 Å². The van der Waals surface area contributed by atoms with Gasteiger partial charge in [0.2, 0.25) is 0 Å². The van der Waals surface area contributed by atoms with Gasteiger partial charge in [-0.2, -0.15) is 0 Å². The molecule has 1 saturated heterocycles. The molecule has 1 aliphatic rings. The van der Waals surface area contributed by atoms with Gasteiger partial charge < -0.3 is 14.8 Å². The lowest BCUT2D eigenvalue weighted by Gasteiger charge is -2.37. The van der Waals surface area contributed by atoms with Crippen molar-refractivity contribution in [3.8, 4) is 5.75 Å². The van der Waals surface area contributed by atoms with E-state index in [9.17, 15) is 0 Å². The predicted molar refractivity (Wildman–Crippen MR) is 81.3 cm³/mol. The second-order valence-corrected chi connectivity index (χ2v) is 5.04. The molecular formula is C16H26N2O2. The van der Waals surface area contributed by atoms with Crippen molar-refractivity contribution in [3.05, 3.63) is 29.8 Å². The minimum absolute atomic E-state index is 0.159. The Labute approximate surface area is 122 Å². The van der Waals surface area contributed by atoms with E-state index in [1.165, 1.54) is 5.56 Å². The first kappa shape index (κ1) is 15.3. The normalized spacial score (nSPS) is 21.6. The second-order valence-electron chi connectivity index (χ2n) is 5.04.